The molecule has 0 aliphatic heterocycles. The van der Waals surface area contributed by atoms with Crippen molar-refractivity contribution in [3.63, 3.8) is 0 Å². The number of carbonyl (C=O) groups is 1. The van der Waals surface area contributed by atoms with Crippen LogP contribution in [0.5, 0.6) is 0 Å². The van der Waals surface area contributed by atoms with Gasteiger partial charge in [0.15, 0.2) is 0 Å². The third kappa shape index (κ3) is 3.67. The monoisotopic (exact) mass is 264 g/mol. The molecule has 0 saturated carbocycles. The van der Waals surface area contributed by atoms with Gasteiger partial charge in [-0.2, -0.15) is 0 Å². The Morgan fingerprint density at radius 1 is 1.20 bits per heavy atom. The second-order valence-electron chi connectivity index (χ2n) is 3.27. The molecule has 0 aliphatic carbocycles. The molecule has 1 rings (SSSR count). The fourth-order valence-corrected chi connectivity index (χ4v) is 1.60. The first-order chi connectivity index (χ1) is 6.95. The predicted molar refractivity (Wildman–Crippen MR) is 65.1 cm³/mol. The molecule has 0 heterocycles. The van der Waals surface area contributed by atoms with Crippen LogP contribution >= 0.6 is 34.8 Å². The summed E-state index contributed by atoms with van der Waals surface area (Å²) in [7, 11) is 0. The van der Waals surface area contributed by atoms with Crippen LogP contribution in [0.3, 0.4) is 0 Å². The Labute approximate surface area is 104 Å². The van der Waals surface area contributed by atoms with Crippen LogP contribution in [0.2, 0.25) is 0 Å². The lowest BCUT2D eigenvalue weighted by Gasteiger charge is -2.09. The molecule has 0 bridgehead atoms. The predicted octanol–water partition coefficient (Wildman–Crippen LogP) is 4.19. The number of benzene rings is 1. The summed E-state index contributed by atoms with van der Waals surface area (Å²) in [6.45, 7) is 2.10. The number of alkyl halides is 3. The molecule has 0 unspecified atom stereocenters. The highest BCUT2D eigenvalue weighted by molar-refractivity contribution is 6.77. The number of Topliss-reactive ketones (excluding diaryl/α,β-unsaturated/α-hetero) is 1. The van der Waals surface area contributed by atoms with E-state index in [-0.39, 0.29) is 0 Å². The summed E-state index contributed by atoms with van der Waals surface area (Å²) in [6, 6.07) is 7.14. The average Bonchev–Trinajstić information content (AvgIpc) is 2.17. The van der Waals surface area contributed by atoms with Crippen LogP contribution in [0.4, 0.5) is 0 Å². The fraction of sp³-hybridized carbons (Fsp3) is 0.364. The molecule has 1 aromatic carbocycles. The van der Waals surface area contributed by atoms with Gasteiger partial charge in [-0.15, -0.1) is 0 Å². The van der Waals surface area contributed by atoms with E-state index in [4.69, 9.17) is 34.8 Å². The van der Waals surface area contributed by atoms with Crippen molar-refractivity contribution in [3.05, 3.63) is 35.4 Å². The van der Waals surface area contributed by atoms with E-state index in [1.807, 2.05) is 12.1 Å². The molecule has 4 heteroatoms. The van der Waals surface area contributed by atoms with E-state index in [0.29, 0.717) is 5.56 Å². The maximum absolute atomic E-state index is 11.5. The van der Waals surface area contributed by atoms with Crippen LogP contribution < -0.4 is 0 Å². The van der Waals surface area contributed by atoms with Crippen molar-refractivity contribution in [2.24, 2.45) is 0 Å². The molecule has 15 heavy (non-hydrogen) atoms. The molecular weight excluding hydrogens is 254 g/mol. The minimum Gasteiger partial charge on any atom is -0.289 e. The molecular formula is C11H11Cl3O. The molecule has 1 aromatic rings. The average molecular weight is 266 g/mol. The second kappa shape index (κ2) is 5.20. The minimum absolute atomic E-state index is 0.426. The van der Waals surface area contributed by atoms with Crippen LogP contribution in [-0.4, -0.2) is 9.58 Å². The lowest BCUT2D eigenvalue weighted by atomic mass is 10.1. The van der Waals surface area contributed by atoms with Crippen molar-refractivity contribution in [1.82, 2.24) is 0 Å². The van der Waals surface area contributed by atoms with Crippen molar-refractivity contribution in [3.8, 4) is 0 Å². The summed E-state index contributed by atoms with van der Waals surface area (Å²) in [5.41, 5.74) is 1.60. The summed E-state index contributed by atoms with van der Waals surface area (Å²) in [5, 5.41) is 0. The zero-order valence-electron chi connectivity index (χ0n) is 8.27. The Morgan fingerprint density at radius 3 is 2.13 bits per heavy atom. The van der Waals surface area contributed by atoms with E-state index in [2.05, 4.69) is 6.92 Å². The van der Waals surface area contributed by atoms with Gasteiger partial charge in [0.25, 0.3) is 3.79 Å². The first-order valence-electron chi connectivity index (χ1n) is 4.65. The Morgan fingerprint density at radius 2 is 1.73 bits per heavy atom. The van der Waals surface area contributed by atoms with Crippen molar-refractivity contribution in [1.29, 1.82) is 0 Å². The Bertz CT molecular complexity index is 338. The zero-order chi connectivity index (χ0) is 11.5. The van der Waals surface area contributed by atoms with Crippen molar-refractivity contribution >= 4 is 40.6 Å². The van der Waals surface area contributed by atoms with Gasteiger partial charge in [-0.05, 0) is 12.0 Å². The van der Waals surface area contributed by atoms with Crippen LogP contribution in [0.15, 0.2) is 24.3 Å². The van der Waals surface area contributed by atoms with E-state index in [1.54, 1.807) is 12.1 Å². The summed E-state index contributed by atoms with van der Waals surface area (Å²) in [5.74, 6) is -0.490. The van der Waals surface area contributed by atoms with Crippen LogP contribution in [0, 0.1) is 0 Å². The topological polar surface area (TPSA) is 17.1 Å². The lowest BCUT2D eigenvalue weighted by molar-refractivity contribution is 0.0996. The van der Waals surface area contributed by atoms with Gasteiger partial charge < -0.3 is 0 Å². The van der Waals surface area contributed by atoms with Crippen LogP contribution in [0.25, 0.3) is 0 Å². The van der Waals surface area contributed by atoms with E-state index in [1.165, 1.54) is 5.56 Å². The molecule has 0 fully saturated rings. The number of ketones is 1. The molecule has 0 spiro atoms. The molecule has 0 atom stereocenters. The number of halogens is 3. The van der Waals surface area contributed by atoms with Crippen molar-refractivity contribution in [2.75, 3.05) is 0 Å². The molecule has 0 aliphatic rings. The van der Waals surface area contributed by atoms with Gasteiger partial charge in [0, 0.05) is 5.56 Å². The van der Waals surface area contributed by atoms with E-state index in [9.17, 15) is 4.79 Å². The molecule has 0 radical (unpaired) electrons. The highest BCUT2D eigenvalue weighted by Crippen LogP contribution is 2.30. The van der Waals surface area contributed by atoms with E-state index < -0.39 is 9.58 Å². The zero-order valence-corrected chi connectivity index (χ0v) is 10.5. The van der Waals surface area contributed by atoms with E-state index >= 15 is 0 Å². The number of carbonyl (C=O) groups excluding carboxylic acids is 1. The summed E-state index contributed by atoms with van der Waals surface area (Å²) in [6.07, 6.45) is 2.06. The minimum atomic E-state index is -1.87. The molecule has 0 saturated heterocycles. The van der Waals surface area contributed by atoms with Gasteiger partial charge in [-0.3, -0.25) is 4.79 Å². The van der Waals surface area contributed by atoms with Crippen LogP contribution in [0.1, 0.15) is 29.3 Å². The fourth-order valence-electron chi connectivity index (χ4n) is 1.28. The van der Waals surface area contributed by atoms with Gasteiger partial charge in [0.1, 0.15) is 0 Å². The van der Waals surface area contributed by atoms with Gasteiger partial charge in [0.05, 0.1) is 0 Å². The largest absolute Gasteiger partial charge is 0.289 e. The third-order valence-electron chi connectivity index (χ3n) is 2.01. The first kappa shape index (κ1) is 12.8. The van der Waals surface area contributed by atoms with E-state index in [0.717, 1.165) is 12.8 Å². The highest BCUT2D eigenvalue weighted by Gasteiger charge is 2.31. The summed E-state index contributed by atoms with van der Waals surface area (Å²) in [4.78, 5) is 11.5. The number of rotatable bonds is 3. The quantitative estimate of drug-likeness (QED) is 0.591. The molecule has 1 nitrogen and oxygen atoms in total. The summed E-state index contributed by atoms with van der Waals surface area (Å²) >= 11 is 16.5. The Balaban J connectivity index is 2.85. The third-order valence-corrected chi connectivity index (χ3v) is 2.53. The van der Waals surface area contributed by atoms with Gasteiger partial charge in [-0.1, -0.05) is 72.4 Å². The molecule has 82 valence electrons. The SMILES string of the molecule is CCCc1ccc(C(=O)C(Cl)(Cl)Cl)cc1. The lowest BCUT2D eigenvalue weighted by Crippen LogP contribution is -2.18. The summed E-state index contributed by atoms with van der Waals surface area (Å²) < 4.78 is -1.87. The Kier molecular flexibility index (Phi) is 4.45. The van der Waals surface area contributed by atoms with Gasteiger partial charge >= 0.3 is 0 Å². The maximum Gasteiger partial charge on any atom is 0.253 e. The second-order valence-corrected chi connectivity index (χ2v) is 5.56. The molecule has 0 amide bonds. The number of hydrogen-bond acceptors (Lipinski definition) is 1. The van der Waals surface area contributed by atoms with Crippen molar-refractivity contribution < 1.29 is 4.79 Å². The van der Waals surface area contributed by atoms with Gasteiger partial charge in [-0.25, -0.2) is 0 Å². The number of hydrogen-bond donors (Lipinski definition) is 0. The normalized spacial score (nSPS) is 11.5. The maximum atomic E-state index is 11.5. The molecule has 0 N–H and O–H groups in total. The number of aryl methyl sites for hydroxylation is 1. The van der Waals surface area contributed by atoms with Crippen LogP contribution in [-0.2, 0) is 6.42 Å². The molecule has 0 aromatic heterocycles. The standard InChI is InChI=1S/C11H11Cl3O/c1-2-3-8-4-6-9(7-5-8)10(15)11(12,13)14/h4-7H,2-3H2,1H3. The van der Waals surface area contributed by atoms with Gasteiger partial charge in [0.2, 0.25) is 5.78 Å². The highest BCUT2D eigenvalue weighted by atomic mass is 35.6. The first-order valence-corrected chi connectivity index (χ1v) is 5.79. The smallest absolute Gasteiger partial charge is 0.253 e. The Hall–Kier alpha value is -0.240. The van der Waals surface area contributed by atoms with Crippen molar-refractivity contribution in [2.45, 2.75) is 23.6 Å².